The van der Waals surface area contributed by atoms with E-state index in [-0.39, 0.29) is 11.9 Å². The lowest BCUT2D eigenvalue weighted by molar-refractivity contribution is -0.117. The molecular formula is C25H28ClN5O3S. The summed E-state index contributed by atoms with van der Waals surface area (Å²) in [4.78, 5) is 24.8. The maximum Gasteiger partial charge on any atom is 0.249 e. The third kappa shape index (κ3) is 5.00. The Balaban J connectivity index is 1.27. The molecule has 2 aromatic heterocycles. The van der Waals surface area contributed by atoms with E-state index in [0.717, 1.165) is 40.4 Å². The molecule has 1 unspecified atom stereocenters. The van der Waals surface area contributed by atoms with E-state index in [4.69, 9.17) is 11.6 Å². The first-order chi connectivity index (χ1) is 16.9. The van der Waals surface area contributed by atoms with E-state index in [9.17, 15) is 14.5 Å². The molecule has 3 atom stereocenters. The molecule has 35 heavy (non-hydrogen) atoms. The van der Waals surface area contributed by atoms with Gasteiger partial charge in [0.15, 0.2) is 4.88 Å². The van der Waals surface area contributed by atoms with E-state index >= 15 is 0 Å². The molecule has 0 spiro atoms. The Morgan fingerprint density at radius 2 is 2.20 bits per heavy atom. The predicted molar refractivity (Wildman–Crippen MR) is 136 cm³/mol. The summed E-state index contributed by atoms with van der Waals surface area (Å²) in [6.45, 7) is 1.74. The van der Waals surface area contributed by atoms with E-state index in [1.807, 2.05) is 25.2 Å². The molecule has 0 bridgehead atoms. The zero-order valence-corrected chi connectivity index (χ0v) is 21.0. The van der Waals surface area contributed by atoms with Gasteiger partial charge in [-0.15, -0.1) is 0 Å². The molecule has 184 valence electrons. The van der Waals surface area contributed by atoms with Crippen LogP contribution in [-0.2, 0) is 24.3 Å². The summed E-state index contributed by atoms with van der Waals surface area (Å²) in [6, 6.07) is 9.25. The highest BCUT2D eigenvalue weighted by molar-refractivity contribution is 7.29. The van der Waals surface area contributed by atoms with Gasteiger partial charge < -0.3 is 24.9 Å². The Morgan fingerprint density at radius 1 is 1.40 bits per heavy atom. The van der Waals surface area contributed by atoms with Crippen LogP contribution in [0.25, 0.3) is 0 Å². The van der Waals surface area contributed by atoms with Crippen molar-refractivity contribution in [1.29, 1.82) is 0 Å². The number of H-pyrrole nitrogens is 1. The molecular weight excluding hydrogens is 486 g/mol. The maximum atomic E-state index is 13.4. The first-order valence-electron chi connectivity index (χ1n) is 11.6. The zero-order valence-electron chi connectivity index (χ0n) is 19.4. The standard InChI is InChI=1S/C25H28ClN5O3S/c1-30-14-18(24(33)29-13-16-4-6-19(26)7-5-16)11-17-12-20(35(34)25(17)30)15-31-10-2-3-21(31)22(32)23-27-8-9-28-23/h4-9,12,14,21-22,32H,2-3,10-11,13,15H2,1H3,(H,27,28)(H,29,33)/t21-,22-,35?/m1/s1. The highest BCUT2D eigenvalue weighted by Crippen LogP contribution is 2.44. The van der Waals surface area contributed by atoms with Crippen molar-refractivity contribution < 1.29 is 14.5 Å². The van der Waals surface area contributed by atoms with E-state index in [2.05, 4.69) is 20.2 Å². The monoisotopic (exact) mass is 513 g/mol. The van der Waals surface area contributed by atoms with Crippen molar-refractivity contribution in [3.63, 3.8) is 0 Å². The summed E-state index contributed by atoms with van der Waals surface area (Å²) in [6.07, 6.45) is 6.64. The minimum atomic E-state index is -1.30. The molecule has 2 aliphatic rings. The molecule has 1 aromatic carbocycles. The number of likely N-dealkylation sites (tertiary alicyclic amines) is 1. The highest BCUT2D eigenvalue weighted by atomic mass is 35.5. The van der Waals surface area contributed by atoms with Gasteiger partial charge >= 0.3 is 0 Å². The molecule has 4 heterocycles. The zero-order chi connectivity index (χ0) is 24.5. The van der Waals surface area contributed by atoms with Crippen LogP contribution in [-0.4, -0.2) is 50.1 Å². The molecule has 1 fully saturated rings. The number of anilines is 1. The summed E-state index contributed by atoms with van der Waals surface area (Å²) in [5.74, 6) is 0.409. The smallest absolute Gasteiger partial charge is 0.249 e. The van der Waals surface area contributed by atoms with Gasteiger partial charge in [-0.2, -0.15) is 0 Å². The number of aromatic amines is 1. The lowest BCUT2D eigenvalue weighted by Crippen LogP contribution is -2.34. The van der Waals surface area contributed by atoms with Crippen molar-refractivity contribution in [3.05, 3.63) is 81.3 Å². The fraction of sp³-hybridized carbons (Fsp3) is 0.360. The molecule has 3 aromatic rings. The number of imidazole rings is 1. The van der Waals surface area contributed by atoms with Crippen LogP contribution in [0.2, 0.25) is 5.02 Å². The largest absolute Gasteiger partial charge is 0.589 e. The lowest BCUT2D eigenvalue weighted by atomic mass is 10.0. The molecule has 0 saturated carbocycles. The number of nitrogens with one attached hydrogen (secondary N) is 2. The minimum Gasteiger partial charge on any atom is -0.589 e. The van der Waals surface area contributed by atoms with Crippen molar-refractivity contribution in [2.45, 2.75) is 44.5 Å². The van der Waals surface area contributed by atoms with Crippen molar-refractivity contribution in [2.24, 2.45) is 0 Å². The molecule has 5 rings (SSSR count). The second-order valence-corrected chi connectivity index (χ2v) is 10.9. The molecule has 8 nitrogen and oxygen atoms in total. The number of hydrogen-bond donors (Lipinski definition) is 3. The van der Waals surface area contributed by atoms with Gasteiger partial charge in [0.05, 0.1) is 6.54 Å². The summed E-state index contributed by atoms with van der Waals surface area (Å²) in [7, 11) is 0.527. The number of hydrogen-bond acceptors (Lipinski definition) is 6. The van der Waals surface area contributed by atoms with E-state index < -0.39 is 16.9 Å². The Hall–Kier alpha value is -2.69. The van der Waals surface area contributed by atoms with Gasteiger partial charge in [-0.05, 0) is 47.8 Å². The number of carbonyl (C=O) groups is 1. The number of aromatic nitrogens is 2. The van der Waals surface area contributed by atoms with Crippen LogP contribution in [0, 0.1) is 0 Å². The number of halogens is 1. The van der Waals surface area contributed by atoms with Crippen molar-refractivity contribution in [2.75, 3.05) is 18.5 Å². The highest BCUT2D eigenvalue weighted by Gasteiger charge is 2.36. The van der Waals surface area contributed by atoms with Gasteiger partial charge in [-0.1, -0.05) is 23.7 Å². The number of carbonyl (C=O) groups excluding carboxylic acids is 1. The number of benzene rings is 1. The second kappa shape index (κ2) is 10.1. The number of amides is 1. The van der Waals surface area contributed by atoms with Crippen molar-refractivity contribution in [3.8, 4) is 0 Å². The average molecular weight is 514 g/mol. The Bertz CT molecular complexity index is 1220. The number of aliphatic hydroxyl groups excluding tert-OH is 1. The van der Waals surface area contributed by atoms with Crippen molar-refractivity contribution in [1.82, 2.24) is 20.2 Å². The number of rotatable bonds is 7. The van der Waals surface area contributed by atoms with E-state index in [0.29, 0.717) is 35.9 Å². The van der Waals surface area contributed by atoms with Crippen LogP contribution in [0.4, 0.5) is 5.00 Å². The molecule has 1 amide bonds. The van der Waals surface area contributed by atoms with Gasteiger partial charge in [-0.25, -0.2) is 4.98 Å². The van der Waals surface area contributed by atoms with Gasteiger partial charge in [0.2, 0.25) is 10.9 Å². The summed E-state index contributed by atoms with van der Waals surface area (Å²) in [5.41, 5.74) is 2.50. The van der Waals surface area contributed by atoms with Crippen molar-refractivity contribution >= 4 is 33.3 Å². The number of nitrogens with zero attached hydrogens (tertiary/aromatic N) is 3. The summed E-state index contributed by atoms with van der Waals surface area (Å²) in [5, 5.41) is 15.2. The third-order valence-corrected chi connectivity index (χ3v) is 8.55. The summed E-state index contributed by atoms with van der Waals surface area (Å²) < 4.78 is 13.4. The van der Waals surface area contributed by atoms with Gasteiger partial charge in [0.25, 0.3) is 0 Å². The Kier molecular flexibility index (Phi) is 6.95. The van der Waals surface area contributed by atoms with Crippen LogP contribution in [0.1, 0.15) is 40.8 Å². The van der Waals surface area contributed by atoms with Crippen LogP contribution >= 0.6 is 22.4 Å². The second-order valence-electron chi connectivity index (χ2n) is 9.06. The molecule has 0 radical (unpaired) electrons. The Labute approximate surface area is 212 Å². The topological polar surface area (TPSA) is 108 Å². The van der Waals surface area contributed by atoms with Crippen LogP contribution in [0.3, 0.4) is 0 Å². The Morgan fingerprint density at radius 3 is 2.94 bits per heavy atom. The minimum absolute atomic E-state index is 0.0817. The molecule has 1 saturated heterocycles. The fourth-order valence-electron chi connectivity index (χ4n) is 4.95. The predicted octanol–water partition coefficient (Wildman–Crippen LogP) is 3.68. The lowest BCUT2D eigenvalue weighted by Gasteiger charge is -2.26. The fourth-order valence-corrected chi connectivity index (χ4v) is 6.54. The van der Waals surface area contributed by atoms with Crippen LogP contribution < -0.4 is 10.2 Å². The summed E-state index contributed by atoms with van der Waals surface area (Å²) >= 11 is 5.93. The molecule has 10 heteroatoms. The maximum absolute atomic E-state index is 13.4. The van der Waals surface area contributed by atoms with Gasteiger partial charge in [0.1, 0.15) is 11.9 Å². The number of thiophene rings is 1. The van der Waals surface area contributed by atoms with E-state index in [1.165, 1.54) is 0 Å². The molecule has 2 aliphatic heterocycles. The van der Waals surface area contributed by atoms with Gasteiger partial charge in [0, 0.05) is 66.9 Å². The van der Waals surface area contributed by atoms with Crippen LogP contribution in [0.5, 0.6) is 0 Å². The first-order valence-corrected chi connectivity index (χ1v) is 13.2. The third-order valence-electron chi connectivity index (χ3n) is 6.67. The first kappa shape index (κ1) is 24.0. The quantitative estimate of drug-likeness (QED) is 0.416. The van der Waals surface area contributed by atoms with Gasteiger partial charge in [-0.3, -0.25) is 9.69 Å². The normalized spacial score (nSPS) is 19.4. The molecule has 3 N–H and O–H groups in total. The van der Waals surface area contributed by atoms with Crippen LogP contribution in [0.15, 0.2) is 54.5 Å². The number of fused-ring (bicyclic) bond motifs is 1. The molecule has 0 aliphatic carbocycles. The SMILES string of the molecule is CN1C=C(C(=O)NCc2ccc(Cl)cc2)Cc2cc(CN3CCC[C@@H]3[C@@H](O)c3ncc[nH]3)[s+]([O-])c21. The average Bonchev–Trinajstić information content (AvgIpc) is 3.60. The number of aliphatic hydroxyl groups is 1. The van der Waals surface area contributed by atoms with E-state index in [1.54, 1.807) is 35.6 Å².